The van der Waals surface area contributed by atoms with E-state index < -0.39 is 28.5 Å². The van der Waals surface area contributed by atoms with Crippen LogP contribution in [0.3, 0.4) is 0 Å². The Labute approximate surface area is 199 Å². The van der Waals surface area contributed by atoms with Gasteiger partial charge in [0, 0.05) is 24.7 Å². The predicted molar refractivity (Wildman–Crippen MR) is 127 cm³/mol. The summed E-state index contributed by atoms with van der Waals surface area (Å²) in [5.74, 6) is -0.206. The number of rotatable bonds is 10. The van der Waals surface area contributed by atoms with Crippen molar-refractivity contribution in [3.05, 3.63) is 53.1 Å². The highest BCUT2D eigenvalue weighted by Gasteiger charge is 2.30. The average molecular weight is 498 g/mol. The van der Waals surface area contributed by atoms with Crippen LogP contribution in [0.25, 0.3) is 0 Å². The number of ether oxygens (including phenoxy) is 2. The molecule has 0 spiro atoms. The number of carbonyl (C=O) groups excluding carboxylic acids is 2. The van der Waals surface area contributed by atoms with E-state index in [1.165, 1.54) is 38.3 Å². The standard InChI is InChI=1S/C22H28ClN3O6S/c1-15(22(28)24-2)25(13-16-6-8-17(23)9-7-16)21(27)14-26(33(5,29)30)18-10-11-19(31-3)20(12-18)32-4/h6-12,15H,13-14H2,1-5H3,(H,24,28)/t15-/m0/s1. The van der Waals surface area contributed by atoms with Gasteiger partial charge in [0.05, 0.1) is 26.2 Å². The third kappa shape index (κ3) is 6.75. The van der Waals surface area contributed by atoms with Crippen LogP contribution >= 0.6 is 11.6 Å². The third-order valence-corrected chi connectivity index (χ3v) is 6.41. The first-order valence-electron chi connectivity index (χ1n) is 9.97. The summed E-state index contributed by atoms with van der Waals surface area (Å²) in [5, 5.41) is 3.06. The minimum Gasteiger partial charge on any atom is -0.493 e. The van der Waals surface area contributed by atoms with Gasteiger partial charge < -0.3 is 19.7 Å². The molecule has 0 radical (unpaired) electrons. The number of carbonyl (C=O) groups is 2. The number of nitrogens with zero attached hydrogens (tertiary/aromatic N) is 2. The molecular formula is C22H28ClN3O6S. The lowest BCUT2D eigenvalue weighted by Gasteiger charge is -2.31. The van der Waals surface area contributed by atoms with Crippen LogP contribution in [0.4, 0.5) is 5.69 Å². The molecule has 0 aromatic heterocycles. The van der Waals surface area contributed by atoms with Crippen molar-refractivity contribution < 1.29 is 27.5 Å². The Morgan fingerprint density at radius 1 is 1.06 bits per heavy atom. The van der Waals surface area contributed by atoms with Gasteiger partial charge in [0.25, 0.3) is 0 Å². The maximum Gasteiger partial charge on any atom is 0.244 e. The molecule has 2 amide bonds. The number of halogens is 1. The monoisotopic (exact) mass is 497 g/mol. The lowest BCUT2D eigenvalue weighted by Crippen LogP contribution is -2.50. The summed E-state index contributed by atoms with van der Waals surface area (Å²) >= 11 is 5.94. The lowest BCUT2D eigenvalue weighted by molar-refractivity contribution is -0.139. The fourth-order valence-electron chi connectivity index (χ4n) is 3.17. The molecule has 9 nitrogen and oxygen atoms in total. The van der Waals surface area contributed by atoms with Gasteiger partial charge in [-0.15, -0.1) is 0 Å². The minimum atomic E-state index is -3.85. The molecule has 2 aromatic carbocycles. The van der Waals surface area contributed by atoms with Crippen LogP contribution in [-0.4, -0.2) is 65.2 Å². The maximum absolute atomic E-state index is 13.3. The highest BCUT2D eigenvalue weighted by Crippen LogP contribution is 2.32. The molecule has 0 aliphatic heterocycles. The Kier molecular flexibility index (Phi) is 8.95. The number of hydrogen-bond donors (Lipinski definition) is 1. The number of sulfonamides is 1. The summed E-state index contributed by atoms with van der Waals surface area (Å²) < 4.78 is 36.6. The van der Waals surface area contributed by atoms with Crippen molar-refractivity contribution in [2.75, 3.05) is 38.4 Å². The molecule has 1 N–H and O–H groups in total. The number of benzene rings is 2. The van der Waals surface area contributed by atoms with E-state index in [1.807, 2.05) is 0 Å². The second-order valence-electron chi connectivity index (χ2n) is 7.25. The van der Waals surface area contributed by atoms with E-state index >= 15 is 0 Å². The smallest absolute Gasteiger partial charge is 0.244 e. The van der Waals surface area contributed by atoms with Gasteiger partial charge in [-0.1, -0.05) is 23.7 Å². The van der Waals surface area contributed by atoms with E-state index in [0.29, 0.717) is 16.5 Å². The largest absolute Gasteiger partial charge is 0.493 e. The van der Waals surface area contributed by atoms with Crippen LogP contribution in [0.5, 0.6) is 11.5 Å². The molecule has 0 saturated carbocycles. The van der Waals surface area contributed by atoms with E-state index in [4.69, 9.17) is 21.1 Å². The van der Waals surface area contributed by atoms with E-state index in [-0.39, 0.29) is 18.1 Å². The lowest BCUT2D eigenvalue weighted by atomic mass is 10.1. The van der Waals surface area contributed by atoms with Crippen molar-refractivity contribution in [1.82, 2.24) is 10.2 Å². The summed E-state index contributed by atoms with van der Waals surface area (Å²) in [5.41, 5.74) is 0.961. The van der Waals surface area contributed by atoms with Gasteiger partial charge in [-0.25, -0.2) is 8.42 Å². The van der Waals surface area contributed by atoms with Crippen LogP contribution in [-0.2, 0) is 26.2 Å². The molecule has 0 aliphatic carbocycles. The van der Waals surface area contributed by atoms with E-state index in [2.05, 4.69) is 5.32 Å². The average Bonchev–Trinajstić information content (AvgIpc) is 2.79. The molecule has 2 rings (SSSR count). The Hall–Kier alpha value is -2.98. The van der Waals surface area contributed by atoms with Gasteiger partial charge in [0.1, 0.15) is 12.6 Å². The highest BCUT2D eigenvalue weighted by atomic mass is 35.5. The van der Waals surface area contributed by atoms with Crippen LogP contribution in [0.15, 0.2) is 42.5 Å². The van der Waals surface area contributed by atoms with Gasteiger partial charge >= 0.3 is 0 Å². The molecule has 0 aliphatic rings. The normalized spacial score (nSPS) is 11.9. The number of methoxy groups -OCH3 is 2. The van der Waals surface area contributed by atoms with Crippen molar-refractivity contribution >= 4 is 39.1 Å². The molecule has 0 heterocycles. The molecule has 0 bridgehead atoms. The van der Waals surface area contributed by atoms with E-state index in [0.717, 1.165) is 16.1 Å². The summed E-state index contributed by atoms with van der Waals surface area (Å²) in [6, 6.07) is 10.5. The summed E-state index contributed by atoms with van der Waals surface area (Å²) in [6.45, 7) is 1.16. The number of amides is 2. The summed E-state index contributed by atoms with van der Waals surface area (Å²) in [7, 11) is 0.508. The molecule has 180 valence electrons. The van der Waals surface area contributed by atoms with Crippen molar-refractivity contribution in [3.63, 3.8) is 0 Å². The number of likely N-dealkylation sites (N-methyl/N-ethyl adjacent to an activating group) is 1. The van der Waals surface area contributed by atoms with Crippen molar-refractivity contribution in [2.24, 2.45) is 0 Å². The zero-order valence-electron chi connectivity index (χ0n) is 19.2. The first-order valence-corrected chi connectivity index (χ1v) is 12.2. The van der Waals surface area contributed by atoms with Crippen LogP contribution in [0.1, 0.15) is 12.5 Å². The number of hydrogen-bond acceptors (Lipinski definition) is 6. The van der Waals surface area contributed by atoms with Crippen LogP contribution < -0.4 is 19.1 Å². The molecule has 0 fully saturated rings. The van der Waals surface area contributed by atoms with E-state index in [9.17, 15) is 18.0 Å². The second kappa shape index (κ2) is 11.2. The molecule has 0 unspecified atom stereocenters. The van der Waals surface area contributed by atoms with Crippen molar-refractivity contribution in [3.8, 4) is 11.5 Å². The molecule has 33 heavy (non-hydrogen) atoms. The van der Waals surface area contributed by atoms with Crippen LogP contribution in [0, 0.1) is 0 Å². The molecule has 11 heteroatoms. The first kappa shape index (κ1) is 26.3. The van der Waals surface area contributed by atoms with Crippen LogP contribution in [0.2, 0.25) is 5.02 Å². The number of anilines is 1. The first-order chi connectivity index (χ1) is 15.5. The minimum absolute atomic E-state index is 0.0914. The fraction of sp³-hybridized carbons (Fsp3) is 0.364. The van der Waals surface area contributed by atoms with Gasteiger partial charge in [0.2, 0.25) is 21.8 Å². The zero-order valence-corrected chi connectivity index (χ0v) is 20.7. The Balaban J connectivity index is 2.42. The Bertz CT molecular complexity index is 1090. The molecular weight excluding hydrogens is 470 g/mol. The Morgan fingerprint density at radius 3 is 2.18 bits per heavy atom. The summed E-state index contributed by atoms with van der Waals surface area (Å²) in [6.07, 6.45) is 1.00. The van der Waals surface area contributed by atoms with Crippen molar-refractivity contribution in [1.29, 1.82) is 0 Å². The maximum atomic E-state index is 13.3. The molecule has 2 aromatic rings. The number of nitrogens with one attached hydrogen (secondary N) is 1. The SMILES string of the molecule is CNC(=O)[C@H](C)N(Cc1ccc(Cl)cc1)C(=O)CN(c1ccc(OC)c(OC)c1)S(C)(=O)=O. The highest BCUT2D eigenvalue weighted by molar-refractivity contribution is 7.92. The quantitative estimate of drug-likeness (QED) is 0.540. The van der Waals surface area contributed by atoms with Gasteiger partial charge in [-0.05, 0) is 36.8 Å². The fourth-order valence-corrected chi connectivity index (χ4v) is 4.14. The van der Waals surface area contributed by atoms with E-state index in [1.54, 1.807) is 37.3 Å². The Morgan fingerprint density at radius 2 is 1.67 bits per heavy atom. The van der Waals surface area contributed by atoms with Crippen molar-refractivity contribution in [2.45, 2.75) is 19.5 Å². The van der Waals surface area contributed by atoms with Gasteiger partial charge in [-0.3, -0.25) is 13.9 Å². The summed E-state index contributed by atoms with van der Waals surface area (Å²) in [4.78, 5) is 27.0. The van der Waals surface area contributed by atoms with Gasteiger partial charge in [0.15, 0.2) is 11.5 Å². The van der Waals surface area contributed by atoms with Gasteiger partial charge in [-0.2, -0.15) is 0 Å². The third-order valence-electron chi connectivity index (χ3n) is 5.01. The predicted octanol–water partition coefficient (Wildman–Crippen LogP) is 2.29. The zero-order chi connectivity index (χ0) is 24.8. The second-order valence-corrected chi connectivity index (χ2v) is 9.59. The molecule has 1 atom stereocenters. The molecule has 0 saturated heterocycles. The topological polar surface area (TPSA) is 105 Å².